The molecule has 0 spiro atoms. The highest BCUT2D eigenvalue weighted by Crippen LogP contribution is 2.32. The molecular formula is C18H15ClN2O3S. The monoisotopic (exact) mass is 374 g/mol. The molecule has 3 rings (SSSR count). The van der Waals surface area contributed by atoms with Crippen LogP contribution in [0.4, 0.5) is 0 Å². The Morgan fingerprint density at radius 2 is 2.08 bits per heavy atom. The summed E-state index contributed by atoms with van der Waals surface area (Å²) < 4.78 is 11.2. The summed E-state index contributed by atoms with van der Waals surface area (Å²) in [7, 11) is 1.56. The number of methoxy groups -OCH3 is 1. The predicted octanol–water partition coefficient (Wildman–Crippen LogP) is 4.07. The number of ether oxygens (including phenoxy) is 2. The molecule has 2 aromatic rings. The summed E-state index contributed by atoms with van der Waals surface area (Å²) in [6, 6.07) is 12.9. The van der Waals surface area contributed by atoms with E-state index in [0.29, 0.717) is 28.0 Å². The first-order valence-electron chi connectivity index (χ1n) is 7.40. The summed E-state index contributed by atoms with van der Waals surface area (Å²) in [6.07, 6.45) is 1.71. The third-order valence-corrected chi connectivity index (χ3v) is 4.50. The minimum Gasteiger partial charge on any atom is -0.493 e. The highest BCUT2D eigenvalue weighted by atomic mass is 35.5. The zero-order valence-corrected chi connectivity index (χ0v) is 14.9. The van der Waals surface area contributed by atoms with Gasteiger partial charge in [0.05, 0.1) is 12.0 Å². The lowest BCUT2D eigenvalue weighted by Crippen LogP contribution is -2.18. The summed E-state index contributed by atoms with van der Waals surface area (Å²) >= 11 is 7.07. The average molecular weight is 375 g/mol. The molecule has 25 heavy (non-hydrogen) atoms. The number of amides is 1. The second-order valence-corrected chi connectivity index (χ2v) is 6.71. The quantitative estimate of drug-likeness (QED) is 0.774. The first-order chi connectivity index (χ1) is 12.0. The molecule has 0 unspecified atom stereocenters. The van der Waals surface area contributed by atoms with Gasteiger partial charge in [0.1, 0.15) is 6.61 Å². The van der Waals surface area contributed by atoms with E-state index in [4.69, 9.17) is 26.5 Å². The van der Waals surface area contributed by atoms with Crippen LogP contribution in [0.5, 0.6) is 11.5 Å². The molecule has 1 heterocycles. The van der Waals surface area contributed by atoms with Gasteiger partial charge in [-0.25, -0.2) is 0 Å². The molecule has 0 saturated carbocycles. The zero-order valence-electron chi connectivity index (χ0n) is 13.3. The van der Waals surface area contributed by atoms with Crippen LogP contribution in [-0.2, 0) is 11.4 Å². The Morgan fingerprint density at radius 1 is 1.24 bits per heavy atom. The zero-order chi connectivity index (χ0) is 17.8. The fourth-order valence-corrected chi connectivity index (χ4v) is 3.19. The standard InChI is InChI=1S/C18H15ClN2O3S/c1-23-15-8-11(9-16-17(22)21-18(20)25-16)5-6-14(15)24-10-12-3-2-4-13(19)7-12/h2-9H,10H2,1H3,(H2,20,21,22)/b16-9-. The van der Waals surface area contributed by atoms with Gasteiger partial charge in [0.25, 0.3) is 5.91 Å². The van der Waals surface area contributed by atoms with Crippen molar-refractivity contribution < 1.29 is 14.3 Å². The van der Waals surface area contributed by atoms with Gasteiger partial charge < -0.3 is 14.8 Å². The van der Waals surface area contributed by atoms with Crippen molar-refractivity contribution in [2.45, 2.75) is 6.61 Å². The summed E-state index contributed by atoms with van der Waals surface area (Å²) in [5, 5.41) is 10.7. The lowest BCUT2D eigenvalue weighted by atomic mass is 10.2. The van der Waals surface area contributed by atoms with Crippen LogP contribution >= 0.6 is 23.4 Å². The summed E-state index contributed by atoms with van der Waals surface area (Å²) in [6.45, 7) is 0.368. The van der Waals surface area contributed by atoms with Gasteiger partial charge >= 0.3 is 0 Å². The minimum atomic E-state index is -0.268. The Labute approximate surface area is 154 Å². The molecule has 5 nitrogen and oxygen atoms in total. The third kappa shape index (κ3) is 4.35. The van der Waals surface area contributed by atoms with Gasteiger partial charge in [-0.15, -0.1) is 0 Å². The maximum atomic E-state index is 11.7. The van der Waals surface area contributed by atoms with Gasteiger partial charge in [0.2, 0.25) is 0 Å². The number of thioether (sulfide) groups is 1. The number of nitrogens with one attached hydrogen (secondary N) is 2. The SMILES string of the molecule is COc1cc(/C=C2\SC(=N)NC2=O)ccc1OCc1cccc(Cl)c1. The molecule has 1 amide bonds. The first kappa shape index (κ1) is 17.4. The van der Waals surface area contributed by atoms with Gasteiger partial charge in [-0.05, 0) is 53.2 Å². The Hall–Kier alpha value is -2.44. The molecule has 0 atom stereocenters. The van der Waals surface area contributed by atoms with Crippen LogP contribution in [0.25, 0.3) is 6.08 Å². The fourth-order valence-electron chi connectivity index (χ4n) is 2.27. The highest BCUT2D eigenvalue weighted by Gasteiger charge is 2.22. The Balaban J connectivity index is 1.77. The Kier molecular flexibility index (Phi) is 5.31. The van der Waals surface area contributed by atoms with Crippen LogP contribution < -0.4 is 14.8 Å². The van der Waals surface area contributed by atoms with Crippen molar-refractivity contribution in [1.82, 2.24) is 5.32 Å². The number of carbonyl (C=O) groups is 1. The van der Waals surface area contributed by atoms with Crippen molar-refractivity contribution in [3.63, 3.8) is 0 Å². The summed E-state index contributed by atoms with van der Waals surface area (Å²) in [4.78, 5) is 12.2. The van der Waals surface area contributed by atoms with E-state index >= 15 is 0 Å². The van der Waals surface area contributed by atoms with E-state index in [1.807, 2.05) is 30.3 Å². The molecule has 7 heteroatoms. The van der Waals surface area contributed by atoms with E-state index in [-0.39, 0.29) is 11.1 Å². The molecule has 1 aliphatic heterocycles. The number of carbonyl (C=O) groups excluding carboxylic acids is 1. The highest BCUT2D eigenvalue weighted by molar-refractivity contribution is 8.18. The molecule has 2 aromatic carbocycles. The van der Waals surface area contributed by atoms with Gasteiger partial charge in [-0.1, -0.05) is 29.8 Å². The second-order valence-electron chi connectivity index (χ2n) is 5.22. The van der Waals surface area contributed by atoms with Crippen LogP contribution in [0.15, 0.2) is 47.4 Å². The molecule has 1 fully saturated rings. The number of halogens is 1. The number of amidine groups is 1. The van der Waals surface area contributed by atoms with E-state index in [1.54, 1.807) is 25.3 Å². The van der Waals surface area contributed by atoms with Crippen molar-refractivity contribution in [1.29, 1.82) is 5.41 Å². The smallest absolute Gasteiger partial charge is 0.264 e. The van der Waals surface area contributed by atoms with E-state index in [1.165, 1.54) is 0 Å². The van der Waals surface area contributed by atoms with Crippen LogP contribution in [0, 0.1) is 5.41 Å². The van der Waals surface area contributed by atoms with E-state index in [9.17, 15) is 4.79 Å². The molecule has 1 aliphatic rings. The molecule has 0 radical (unpaired) electrons. The van der Waals surface area contributed by atoms with Crippen molar-refractivity contribution in [2.24, 2.45) is 0 Å². The van der Waals surface area contributed by atoms with Gasteiger partial charge in [-0.2, -0.15) is 0 Å². The summed E-state index contributed by atoms with van der Waals surface area (Å²) in [5.74, 6) is 0.894. The minimum absolute atomic E-state index is 0.129. The van der Waals surface area contributed by atoms with Gasteiger partial charge in [-0.3, -0.25) is 10.2 Å². The van der Waals surface area contributed by atoms with Crippen molar-refractivity contribution in [3.05, 3.63) is 63.5 Å². The number of hydrogen-bond donors (Lipinski definition) is 2. The van der Waals surface area contributed by atoms with E-state index in [0.717, 1.165) is 22.9 Å². The largest absolute Gasteiger partial charge is 0.493 e. The van der Waals surface area contributed by atoms with Gasteiger partial charge in [0.15, 0.2) is 16.7 Å². The van der Waals surface area contributed by atoms with E-state index < -0.39 is 0 Å². The molecule has 2 N–H and O–H groups in total. The molecule has 0 aliphatic carbocycles. The predicted molar refractivity (Wildman–Crippen MR) is 100 cm³/mol. The maximum absolute atomic E-state index is 11.7. The maximum Gasteiger partial charge on any atom is 0.264 e. The normalized spacial score (nSPS) is 15.4. The summed E-state index contributed by atoms with van der Waals surface area (Å²) in [5.41, 5.74) is 1.75. The van der Waals surface area contributed by atoms with Crippen molar-refractivity contribution in [3.8, 4) is 11.5 Å². The van der Waals surface area contributed by atoms with Crippen LogP contribution in [0.2, 0.25) is 5.02 Å². The second kappa shape index (κ2) is 7.63. The molecule has 0 aromatic heterocycles. The molecular weight excluding hydrogens is 360 g/mol. The number of rotatable bonds is 5. The Morgan fingerprint density at radius 3 is 2.76 bits per heavy atom. The molecule has 1 saturated heterocycles. The third-order valence-electron chi connectivity index (χ3n) is 3.43. The van der Waals surface area contributed by atoms with Crippen molar-refractivity contribution in [2.75, 3.05) is 7.11 Å². The topological polar surface area (TPSA) is 71.4 Å². The van der Waals surface area contributed by atoms with Crippen LogP contribution in [0.1, 0.15) is 11.1 Å². The average Bonchev–Trinajstić information content (AvgIpc) is 2.91. The number of hydrogen-bond acceptors (Lipinski definition) is 5. The van der Waals surface area contributed by atoms with E-state index in [2.05, 4.69) is 5.32 Å². The lowest BCUT2D eigenvalue weighted by molar-refractivity contribution is -0.115. The first-order valence-corrected chi connectivity index (χ1v) is 8.59. The Bertz CT molecular complexity index is 867. The van der Waals surface area contributed by atoms with Crippen LogP contribution in [0.3, 0.4) is 0 Å². The van der Waals surface area contributed by atoms with Crippen molar-refractivity contribution >= 4 is 40.5 Å². The molecule has 128 valence electrons. The van der Waals surface area contributed by atoms with Gasteiger partial charge in [0, 0.05) is 5.02 Å². The number of benzene rings is 2. The molecule has 0 bridgehead atoms. The van der Waals surface area contributed by atoms with Crippen LogP contribution in [-0.4, -0.2) is 18.2 Å². The lowest BCUT2D eigenvalue weighted by Gasteiger charge is -2.11. The fraction of sp³-hybridized carbons (Fsp3) is 0.111.